The number of aromatic hydroxyl groups is 2. The molecule has 134 valence electrons. The number of benzene rings is 2. The number of anilines is 1. The number of fused-ring (bicyclic) bond motifs is 3. The number of aromatic nitrogens is 2. The summed E-state index contributed by atoms with van der Waals surface area (Å²) in [4.78, 5) is 0. The Morgan fingerprint density at radius 3 is 2.50 bits per heavy atom. The van der Waals surface area contributed by atoms with Gasteiger partial charge in [-0.05, 0) is 36.1 Å². The van der Waals surface area contributed by atoms with Crippen molar-refractivity contribution in [3.8, 4) is 22.8 Å². The van der Waals surface area contributed by atoms with E-state index >= 15 is 0 Å². The summed E-state index contributed by atoms with van der Waals surface area (Å²) in [6, 6.07) is 13.4. The molecule has 3 aromatic rings. The van der Waals surface area contributed by atoms with Gasteiger partial charge in [-0.3, -0.25) is 0 Å². The molecule has 0 unspecified atom stereocenters. The first-order valence-corrected chi connectivity index (χ1v) is 8.74. The third-order valence-corrected chi connectivity index (χ3v) is 4.85. The molecule has 0 spiro atoms. The number of hydrogen-bond donors (Lipinski definition) is 3. The highest BCUT2D eigenvalue weighted by atomic mass is 16.3. The number of phenolic OH excluding ortho intramolecular Hbond substituents is 2. The summed E-state index contributed by atoms with van der Waals surface area (Å²) in [5.74, 6) is 0.151. The number of nitrogens with zero attached hydrogens (tertiary/aromatic N) is 2. The molecule has 0 saturated heterocycles. The molecular weight excluding hydrogens is 326 g/mol. The summed E-state index contributed by atoms with van der Waals surface area (Å²) < 4.78 is 1.90. The fourth-order valence-corrected chi connectivity index (χ4v) is 3.58. The monoisotopic (exact) mass is 349 g/mol. The molecule has 1 aliphatic rings. The Morgan fingerprint density at radius 1 is 1.04 bits per heavy atom. The van der Waals surface area contributed by atoms with Gasteiger partial charge in [0.1, 0.15) is 11.5 Å². The molecular formula is C21H23N3O2. The average molecular weight is 349 g/mol. The van der Waals surface area contributed by atoms with Crippen molar-refractivity contribution in [2.24, 2.45) is 0 Å². The van der Waals surface area contributed by atoms with E-state index in [0.29, 0.717) is 5.56 Å². The third kappa shape index (κ3) is 2.51. The average Bonchev–Trinajstić information content (AvgIpc) is 2.95. The van der Waals surface area contributed by atoms with E-state index in [9.17, 15) is 10.2 Å². The van der Waals surface area contributed by atoms with Crippen LogP contribution in [0.2, 0.25) is 0 Å². The zero-order chi connectivity index (χ0) is 18.6. The molecule has 3 N–H and O–H groups in total. The van der Waals surface area contributed by atoms with Gasteiger partial charge in [0, 0.05) is 22.9 Å². The molecule has 2 aromatic carbocycles. The Bertz CT molecular complexity index is 999. The van der Waals surface area contributed by atoms with E-state index in [1.807, 2.05) is 56.6 Å². The summed E-state index contributed by atoms with van der Waals surface area (Å²) in [5.41, 5.74) is 5.22. The number of para-hydroxylation sites is 1. The molecule has 5 heteroatoms. The van der Waals surface area contributed by atoms with Crippen LogP contribution in [0.15, 0.2) is 42.5 Å². The van der Waals surface area contributed by atoms with Gasteiger partial charge in [0.2, 0.25) is 0 Å². The fourth-order valence-electron chi connectivity index (χ4n) is 3.58. The Kier molecular flexibility index (Phi) is 3.51. The van der Waals surface area contributed by atoms with Crippen LogP contribution in [0.1, 0.15) is 43.8 Å². The maximum absolute atomic E-state index is 10.6. The van der Waals surface area contributed by atoms with Crippen molar-refractivity contribution in [1.29, 1.82) is 0 Å². The lowest BCUT2D eigenvalue weighted by molar-refractivity contribution is 0.421. The highest BCUT2D eigenvalue weighted by Gasteiger charge is 2.30. The number of nitrogens with one attached hydrogen (secondary N) is 1. The van der Waals surface area contributed by atoms with Crippen LogP contribution in [0, 0.1) is 6.92 Å². The van der Waals surface area contributed by atoms with Crippen LogP contribution < -0.4 is 5.32 Å². The predicted molar refractivity (Wildman–Crippen MR) is 103 cm³/mol. The van der Waals surface area contributed by atoms with Crippen molar-refractivity contribution in [3.63, 3.8) is 0 Å². The first-order chi connectivity index (χ1) is 12.3. The van der Waals surface area contributed by atoms with Crippen LogP contribution in [-0.2, 0) is 5.41 Å². The minimum atomic E-state index is -0.352. The van der Waals surface area contributed by atoms with E-state index in [2.05, 4.69) is 22.5 Å². The van der Waals surface area contributed by atoms with Gasteiger partial charge in [-0.2, -0.15) is 5.10 Å². The Balaban J connectivity index is 1.92. The molecule has 0 bridgehead atoms. The molecule has 1 atom stereocenters. The first-order valence-electron chi connectivity index (χ1n) is 8.74. The van der Waals surface area contributed by atoms with Crippen LogP contribution >= 0.6 is 0 Å². The standard InChI is InChI=1S/C21H23N3O2/c1-12-9-17-13-7-5-6-8-16(13)22-20(24(17)23-12)14-10-15(21(2,3)4)19(26)11-18(14)25/h5-11,20,22,25-26H,1-4H3/t20-/m1/s1. The summed E-state index contributed by atoms with van der Waals surface area (Å²) in [7, 11) is 0. The highest BCUT2D eigenvalue weighted by Crippen LogP contribution is 2.43. The summed E-state index contributed by atoms with van der Waals surface area (Å²) >= 11 is 0. The van der Waals surface area contributed by atoms with Crippen LogP contribution in [0.4, 0.5) is 5.69 Å². The minimum Gasteiger partial charge on any atom is -0.508 e. The lowest BCUT2D eigenvalue weighted by Crippen LogP contribution is -2.26. The normalized spacial score (nSPS) is 15.9. The van der Waals surface area contributed by atoms with E-state index in [1.54, 1.807) is 0 Å². The van der Waals surface area contributed by atoms with Crippen LogP contribution in [0.5, 0.6) is 11.5 Å². The van der Waals surface area contributed by atoms with Crippen LogP contribution in [-0.4, -0.2) is 20.0 Å². The lowest BCUT2D eigenvalue weighted by atomic mass is 9.84. The fraction of sp³-hybridized carbons (Fsp3) is 0.286. The highest BCUT2D eigenvalue weighted by molar-refractivity contribution is 5.79. The maximum atomic E-state index is 10.6. The largest absolute Gasteiger partial charge is 0.508 e. The SMILES string of the molecule is Cc1cc2n(n1)[C@H](c1cc(C(C)(C)C)c(O)cc1O)Nc1ccccc1-2. The quantitative estimate of drug-likeness (QED) is 0.603. The Morgan fingerprint density at radius 2 is 1.77 bits per heavy atom. The molecule has 2 heterocycles. The maximum Gasteiger partial charge on any atom is 0.150 e. The molecule has 4 rings (SSSR count). The molecule has 0 amide bonds. The number of aryl methyl sites for hydroxylation is 1. The molecule has 0 radical (unpaired) electrons. The number of rotatable bonds is 1. The predicted octanol–water partition coefficient (Wildman–Crippen LogP) is 4.54. The van der Waals surface area contributed by atoms with Crippen molar-refractivity contribution in [1.82, 2.24) is 9.78 Å². The van der Waals surface area contributed by atoms with Crippen molar-refractivity contribution in [2.45, 2.75) is 39.3 Å². The van der Waals surface area contributed by atoms with E-state index in [-0.39, 0.29) is 23.1 Å². The number of phenols is 2. The molecule has 0 saturated carbocycles. The van der Waals surface area contributed by atoms with Crippen molar-refractivity contribution in [3.05, 3.63) is 59.3 Å². The second-order valence-corrected chi connectivity index (χ2v) is 7.89. The molecule has 1 aliphatic heterocycles. The summed E-state index contributed by atoms with van der Waals surface area (Å²) in [5, 5.41) is 29.0. The van der Waals surface area contributed by atoms with E-state index in [1.165, 1.54) is 6.07 Å². The second-order valence-electron chi connectivity index (χ2n) is 7.89. The van der Waals surface area contributed by atoms with Crippen molar-refractivity contribution < 1.29 is 10.2 Å². The topological polar surface area (TPSA) is 70.3 Å². The van der Waals surface area contributed by atoms with Gasteiger partial charge in [-0.1, -0.05) is 39.0 Å². The summed E-state index contributed by atoms with van der Waals surface area (Å²) in [6.07, 6.45) is -0.352. The van der Waals surface area contributed by atoms with Gasteiger partial charge >= 0.3 is 0 Å². The minimum absolute atomic E-state index is 0.0477. The Hall–Kier alpha value is -2.95. The molecule has 0 fully saturated rings. The van der Waals surface area contributed by atoms with Crippen LogP contribution in [0.25, 0.3) is 11.3 Å². The smallest absolute Gasteiger partial charge is 0.150 e. The van der Waals surface area contributed by atoms with Gasteiger partial charge < -0.3 is 15.5 Å². The molecule has 26 heavy (non-hydrogen) atoms. The van der Waals surface area contributed by atoms with Gasteiger partial charge in [0.05, 0.1) is 11.4 Å². The Labute approximate surface area is 152 Å². The second kappa shape index (κ2) is 5.53. The van der Waals surface area contributed by atoms with Gasteiger partial charge in [-0.25, -0.2) is 4.68 Å². The van der Waals surface area contributed by atoms with E-state index in [4.69, 9.17) is 0 Å². The van der Waals surface area contributed by atoms with Crippen molar-refractivity contribution in [2.75, 3.05) is 5.32 Å². The van der Waals surface area contributed by atoms with Gasteiger partial charge in [0.25, 0.3) is 0 Å². The molecule has 5 nitrogen and oxygen atoms in total. The third-order valence-electron chi connectivity index (χ3n) is 4.85. The van der Waals surface area contributed by atoms with E-state index < -0.39 is 0 Å². The summed E-state index contributed by atoms with van der Waals surface area (Å²) in [6.45, 7) is 8.07. The molecule has 1 aromatic heterocycles. The van der Waals surface area contributed by atoms with E-state index in [0.717, 1.165) is 28.2 Å². The van der Waals surface area contributed by atoms with Crippen LogP contribution in [0.3, 0.4) is 0 Å². The first kappa shape index (κ1) is 16.5. The number of hydrogen-bond acceptors (Lipinski definition) is 4. The zero-order valence-electron chi connectivity index (χ0n) is 15.4. The van der Waals surface area contributed by atoms with Crippen molar-refractivity contribution >= 4 is 5.69 Å². The lowest BCUT2D eigenvalue weighted by Gasteiger charge is -2.31. The molecule has 0 aliphatic carbocycles. The zero-order valence-corrected chi connectivity index (χ0v) is 15.4. The van der Waals surface area contributed by atoms with Gasteiger partial charge in [-0.15, -0.1) is 0 Å². The van der Waals surface area contributed by atoms with Gasteiger partial charge in [0.15, 0.2) is 6.17 Å².